The van der Waals surface area contributed by atoms with Gasteiger partial charge >= 0.3 is 6.03 Å². The van der Waals surface area contributed by atoms with Crippen LogP contribution in [0.4, 0.5) is 9.18 Å². The maximum atomic E-state index is 13.1. The van der Waals surface area contributed by atoms with E-state index in [0.29, 0.717) is 6.54 Å². The van der Waals surface area contributed by atoms with Crippen LogP contribution in [0, 0.1) is 5.82 Å². The van der Waals surface area contributed by atoms with Gasteiger partial charge in [-0.15, -0.1) is 0 Å². The van der Waals surface area contributed by atoms with Gasteiger partial charge in [0.1, 0.15) is 5.82 Å². The molecule has 1 aromatic carbocycles. The number of carbonyl (C=O) groups is 1. The van der Waals surface area contributed by atoms with Gasteiger partial charge in [0.25, 0.3) is 0 Å². The fourth-order valence-electron chi connectivity index (χ4n) is 3.70. The quantitative estimate of drug-likeness (QED) is 0.908. The van der Waals surface area contributed by atoms with E-state index in [-0.39, 0.29) is 17.3 Å². The lowest BCUT2D eigenvalue weighted by Crippen LogP contribution is -2.44. The van der Waals surface area contributed by atoms with E-state index >= 15 is 0 Å². The molecule has 1 N–H and O–H groups in total. The Morgan fingerprint density at radius 2 is 1.71 bits per heavy atom. The number of hydrogen-bond acceptors (Lipinski definition) is 1. The molecule has 1 saturated carbocycles. The molecule has 3 nitrogen and oxygen atoms in total. The van der Waals surface area contributed by atoms with E-state index in [4.69, 9.17) is 0 Å². The van der Waals surface area contributed by atoms with E-state index < -0.39 is 0 Å². The molecule has 21 heavy (non-hydrogen) atoms. The number of likely N-dealkylation sites (tertiary alicyclic amines) is 1. The molecule has 1 aliphatic heterocycles. The molecule has 3 rings (SSSR count). The average Bonchev–Trinajstić information content (AvgIpc) is 3.18. The number of hydrogen-bond donors (Lipinski definition) is 1. The molecular formula is C17H23FN2O. The number of nitrogens with one attached hydrogen (secondary N) is 1. The van der Waals surface area contributed by atoms with Gasteiger partial charge in [0, 0.05) is 25.0 Å². The summed E-state index contributed by atoms with van der Waals surface area (Å²) < 4.78 is 13.1. The maximum absolute atomic E-state index is 13.1. The average molecular weight is 290 g/mol. The molecule has 0 atom stereocenters. The zero-order chi connectivity index (χ0) is 14.7. The lowest BCUT2D eigenvalue weighted by atomic mass is 9.79. The fraction of sp³-hybridized carbons (Fsp3) is 0.588. The predicted octanol–water partition coefficient (Wildman–Crippen LogP) is 3.44. The van der Waals surface area contributed by atoms with Gasteiger partial charge < -0.3 is 10.2 Å². The Morgan fingerprint density at radius 1 is 1.10 bits per heavy atom. The van der Waals surface area contributed by atoms with Crippen LogP contribution in [-0.4, -0.2) is 30.6 Å². The molecule has 114 valence electrons. The standard InChI is InChI=1S/C17H23FN2O/c18-15-7-5-14(6-8-15)17(9-1-2-10-17)13-19-16(21)20-11-3-4-12-20/h5-8H,1-4,9-13H2,(H,19,21). The molecule has 1 aromatic rings. The smallest absolute Gasteiger partial charge is 0.317 e. The summed E-state index contributed by atoms with van der Waals surface area (Å²) in [6.45, 7) is 2.40. The highest BCUT2D eigenvalue weighted by Gasteiger charge is 2.36. The van der Waals surface area contributed by atoms with Crippen molar-refractivity contribution in [2.75, 3.05) is 19.6 Å². The molecule has 0 bridgehead atoms. The highest BCUT2D eigenvalue weighted by molar-refractivity contribution is 5.74. The Hall–Kier alpha value is -1.58. The van der Waals surface area contributed by atoms with Gasteiger partial charge in [-0.2, -0.15) is 0 Å². The Labute approximate surface area is 125 Å². The summed E-state index contributed by atoms with van der Waals surface area (Å²) in [5.74, 6) is -0.201. The van der Waals surface area contributed by atoms with Crippen LogP contribution < -0.4 is 5.32 Å². The third kappa shape index (κ3) is 3.04. The van der Waals surface area contributed by atoms with Gasteiger partial charge in [-0.1, -0.05) is 25.0 Å². The zero-order valence-corrected chi connectivity index (χ0v) is 12.4. The first-order chi connectivity index (χ1) is 10.2. The van der Waals surface area contributed by atoms with E-state index in [9.17, 15) is 9.18 Å². The molecule has 4 heteroatoms. The van der Waals surface area contributed by atoms with Gasteiger partial charge in [-0.3, -0.25) is 0 Å². The lowest BCUT2D eigenvalue weighted by molar-refractivity contribution is 0.205. The van der Waals surface area contributed by atoms with Crippen molar-refractivity contribution in [3.63, 3.8) is 0 Å². The number of amides is 2. The van der Waals surface area contributed by atoms with Crippen molar-refractivity contribution in [2.45, 2.75) is 43.9 Å². The lowest BCUT2D eigenvalue weighted by Gasteiger charge is -2.31. The van der Waals surface area contributed by atoms with E-state index in [2.05, 4.69) is 5.32 Å². The highest BCUT2D eigenvalue weighted by atomic mass is 19.1. The second kappa shape index (κ2) is 6.04. The first kappa shape index (κ1) is 14.4. The van der Waals surface area contributed by atoms with Crippen LogP contribution in [0.15, 0.2) is 24.3 Å². The highest BCUT2D eigenvalue weighted by Crippen LogP contribution is 2.40. The van der Waals surface area contributed by atoms with Crippen LogP contribution in [0.5, 0.6) is 0 Å². The normalized spacial score (nSPS) is 20.7. The second-order valence-electron chi connectivity index (χ2n) is 6.35. The first-order valence-electron chi connectivity index (χ1n) is 7.98. The molecule has 0 spiro atoms. The summed E-state index contributed by atoms with van der Waals surface area (Å²) in [5, 5.41) is 3.11. The van der Waals surface area contributed by atoms with Crippen molar-refractivity contribution >= 4 is 6.03 Å². The summed E-state index contributed by atoms with van der Waals surface area (Å²) >= 11 is 0. The van der Waals surface area contributed by atoms with Gasteiger partial charge in [0.2, 0.25) is 0 Å². The van der Waals surface area contributed by atoms with Crippen LogP contribution in [0.25, 0.3) is 0 Å². The predicted molar refractivity (Wildman–Crippen MR) is 80.8 cm³/mol. The summed E-state index contributed by atoms with van der Waals surface area (Å²) in [6.07, 6.45) is 6.71. The number of carbonyl (C=O) groups excluding carboxylic acids is 1. The Morgan fingerprint density at radius 3 is 2.33 bits per heavy atom. The maximum Gasteiger partial charge on any atom is 0.317 e. The topological polar surface area (TPSA) is 32.3 Å². The van der Waals surface area contributed by atoms with Gasteiger partial charge in [0.05, 0.1) is 0 Å². The Balaban J connectivity index is 1.69. The van der Waals surface area contributed by atoms with Crippen LogP contribution in [0.3, 0.4) is 0 Å². The largest absolute Gasteiger partial charge is 0.337 e. The minimum Gasteiger partial charge on any atom is -0.337 e. The van der Waals surface area contributed by atoms with E-state index in [0.717, 1.165) is 44.3 Å². The molecule has 0 radical (unpaired) electrons. The van der Waals surface area contributed by atoms with Crippen molar-refractivity contribution in [1.82, 2.24) is 10.2 Å². The van der Waals surface area contributed by atoms with E-state index in [1.807, 2.05) is 17.0 Å². The fourth-order valence-corrected chi connectivity index (χ4v) is 3.70. The number of benzene rings is 1. The summed E-state index contributed by atoms with van der Waals surface area (Å²) in [6, 6.07) is 6.86. The summed E-state index contributed by atoms with van der Waals surface area (Å²) in [7, 11) is 0. The van der Waals surface area contributed by atoms with E-state index in [1.54, 1.807) is 0 Å². The van der Waals surface area contributed by atoms with Crippen molar-refractivity contribution < 1.29 is 9.18 Å². The van der Waals surface area contributed by atoms with Crippen molar-refractivity contribution in [3.8, 4) is 0 Å². The van der Waals surface area contributed by atoms with Crippen molar-refractivity contribution in [2.24, 2.45) is 0 Å². The molecule has 2 aliphatic rings. The first-order valence-corrected chi connectivity index (χ1v) is 7.98. The molecule has 1 saturated heterocycles. The molecule has 2 fully saturated rings. The monoisotopic (exact) mass is 290 g/mol. The van der Waals surface area contributed by atoms with Crippen LogP contribution in [0.1, 0.15) is 44.1 Å². The van der Waals surface area contributed by atoms with Crippen molar-refractivity contribution in [3.05, 3.63) is 35.6 Å². The van der Waals surface area contributed by atoms with Crippen LogP contribution in [-0.2, 0) is 5.41 Å². The zero-order valence-electron chi connectivity index (χ0n) is 12.4. The third-order valence-corrected chi connectivity index (χ3v) is 4.99. The van der Waals surface area contributed by atoms with Gasteiger partial charge in [-0.05, 0) is 43.4 Å². The summed E-state index contributed by atoms with van der Waals surface area (Å²) in [5.41, 5.74) is 1.14. The number of nitrogens with zero attached hydrogens (tertiary/aromatic N) is 1. The number of rotatable bonds is 3. The molecule has 0 unspecified atom stereocenters. The Kier molecular flexibility index (Phi) is 4.13. The SMILES string of the molecule is O=C(NCC1(c2ccc(F)cc2)CCCC1)N1CCCC1. The molecule has 0 aromatic heterocycles. The minimum absolute atomic E-state index is 0.0108. The van der Waals surface area contributed by atoms with Crippen LogP contribution >= 0.6 is 0 Å². The van der Waals surface area contributed by atoms with E-state index in [1.165, 1.54) is 25.0 Å². The summed E-state index contributed by atoms with van der Waals surface area (Å²) in [4.78, 5) is 14.1. The Bertz CT molecular complexity index is 488. The number of urea groups is 1. The molecule has 2 amide bonds. The van der Waals surface area contributed by atoms with Gasteiger partial charge in [0.15, 0.2) is 0 Å². The van der Waals surface area contributed by atoms with Crippen LogP contribution in [0.2, 0.25) is 0 Å². The molecule has 1 heterocycles. The van der Waals surface area contributed by atoms with Gasteiger partial charge in [-0.25, -0.2) is 9.18 Å². The second-order valence-corrected chi connectivity index (χ2v) is 6.35. The molecule has 1 aliphatic carbocycles. The van der Waals surface area contributed by atoms with Crippen molar-refractivity contribution in [1.29, 1.82) is 0 Å². The molecular weight excluding hydrogens is 267 g/mol. The third-order valence-electron chi connectivity index (χ3n) is 4.99. The minimum atomic E-state index is -0.201. The number of halogens is 1.